The van der Waals surface area contributed by atoms with Gasteiger partial charge in [-0.05, 0) is 121 Å². The van der Waals surface area contributed by atoms with E-state index in [9.17, 15) is 0 Å². The SMILES string of the molecule is c1ccc(-c2ccc(-c3cc(-c4ccc(-c5nc(-c6ccccc6)cc(-c6ccc7oc8ccc9ccccc9c8c7c6)n5)cc4)cc(-c4cccc(-c5ccccc5)c4)c3)cc2)cc1. The van der Waals surface area contributed by atoms with Gasteiger partial charge in [0, 0.05) is 27.5 Å². The highest BCUT2D eigenvalue weighted by atomic mass is 16.3. The molecule has 0 saturated heterocycles. The minimum absolute atomic E-state index is 0.668. The van der Waals surface area contributed by atoms with Crippen molar-refractivity contribution in [1.82, 2.24) is 9.97 Å². The lowest BCUT2D eigenvalue weighted by Crippen LogP contribution is -1.96. The number of nitrogens with zero attached hydrogens (tertiary/aromatic N) is 2. The summed E-state index contributed by atoms with van der Waals surface area (Å²) in [5.41, 5.74) is 18.1. The minimum atomic E-state index is 0.668. The van der Waals surface area contributed by atoms with E-state index in [2.05, 4.69) is 237 Å². The highest BCUT2D eigenvalue weighted by molar-refractivity contribution is 6.19. The first kappa shape index (κ1) is 38.0. The van der Waals surface area contributed by atoms with E-state index in [1.165, 1.54) is 38.6 Å². The van der Waals surface area contributed by atoms with Crippen molar-refractivity contribution in [1.29, 1.82) is 0 Å². The van der Waals surface area contributed by atoms with Crippen LogP contribution in [0.15, 0.2) is 247 Å². The number of fused-ring (bicyclic) bond motifs is 5. The van der Waals surface area contributed by atoms with Crippen LogP contribution in [0.2, 0.25) is 0 Å². The molecule has 12 rings (SSSR count). The standard InChI is InChI=1S/C62H40N2O/c1-4-13-41(14-5-1)43-23-25-44(26-24-43)52-36-53(38-54(37-52)50-21-12-20-49(35-50)42-15-6-2-7-16-42)45-27-29-48(30-28-45)62-63-57(47-18-8-3-9-19-47)40-58(64-62)51-32-33-59-56(39-51)61-55-22-11-10-17-46(55)31-34-60(61)65-59/h1-40H. The third kappa shape index (κ3) is 7.35. The predicted molar refractivity (Wildman–Crippen MR) is 270 cm³/mol. The Hall–Kier alpha value is -8.66. The van der Waals surface area contributed by atoms with Crippen LogP contribution in [0, 0.1) is 0 Å². The fourth-order valence-corrected chi connectivity index (χ4v) is 9.12. The van der Waals surface area contributed by atoms with Gasteiger partial charge in [-0.25, -0.2) is 9.97 Å². The fourth-order valence-electron chi connectivity index (χ4n) is 9.12. The van der Waals surface area contributed by atoms with E-state index in [1.54, 1.807) is 0 Å². The Kier molecular flexibility index (Phi) is 9.50. The van der Waals surface area contributed by atoms with Crippen LogP contribution in [0.1, 0.15) is 0 Å². The summed E-state index contributed by atoms with van der Waals surface area (Å²) in [6.07, 6.45) is 0. The molecule has 0 saturated carbocycles. The summed E-state index contributed by atoms with van der Waals surface area (Å²) in [5, 5.41) is 4.55. The minimum Gasteiger partial charge on any atom is -0.456 e. The summed E-state index contributed by atoms with van der Waals surface area (Å²) < 4.78 is 6.36. The summed E-state index contributed by atoms with van der Waals surface area (Å²) in [6.45, 7) is 0. The van der Waals surface area contributed by atoms with Gasteiger partial charge in [0.1, 0.15) is 11.2 Å². The molecule has 304 valence electrons. The van der Waals surface area contributed by atoms with E-state index in [-0.39, 0.29) is 0 Å². The molecular formula is C62H40N2O. The molecule has 2 heterocycles. The second kappa shape index (κ2) is 16.2. The van der Waals surface area contributed by atoms with Gasteiger partial charge in [0.25, 0.3) is 0 Å². The Bertz CT molecular complexity index is 3670. The molecule has 0 unspecified atom stereocenters. The molecule has 3 heteroatoms. The van der Waals surface area contributed by atoms with Crippen molar-refractivity contribution < 1.29 is 4.42 Å². The lowest BCUT2D eigenvalue weighted by Gasteiger charge is -2.14. The van der Waals surface area contributed by atoms with E-state index < -0.39 is 0 Å². The number of hydrogen-bond donors (Lipinski definition) is 0. The normalized spacial score (nSPS) is 11.4. The molecule has 0 radical (unpaired) electrons. The van der Waals surface area contributed by atoms with Crippen molar-refractivity contribution in [2.45, 2.75) is 0 Å². The smallest absolute Gasteiger partial charge is 0.160 e. The summed E-state index contributed by atoms with van der Waals surface area (Å²) in [6, 6.07) is 86.0. The summed E-state index contributed by atoms with van der Waals surface area (Å²) in [4.78, 5) is 10.4. The van der Waals surface area contributed by atoms with Gasteiger partial charge in [-0.3, -0.25) is 0 Å². The Morgan fingerprint density at radius 3 is 1.32 bits per heavy atom. The Labute approximate surface area is 377 Å². The number of aromatic nitrogens is 2. The van der Waals surface area contributed by atoms with E-state index >= 15 is 0 Å². The van der Waals surface area contributed by atoms with Gasteiger partial charge in [0.2, 0.25) is 0 Å². The lowest BCUT2D eigenvalue weighted by molar-refractivity contribution is 0.669. The molecular weight excluding hydrogens is 789 g/mol. The highest BCUT2D eigenvalue weighted by Gasteiger charge is 2.16. The van der Waals surface area contributed by atoms with Crippen LogP contribution in [-0.2, 0) is 0 Å². The second-order valence-electron chi connectivity index (χ2n) is 16.6. The Morgan fingerprint density at radius 2 is 0.677 bits per heavy atom. The van der Waals surface area contributed by atoms with Gasteiger partial charge in [-0.15, -0.1) is 0 Å². The van der Waals surface area contributed by atoms with Crippen molar-refractivity contribution in [3.05, 3.63) is 243 Å². The molecule has 0 fully saturated rings. The molecule has 2 aromatic heterocycles. The van der Waals surface area contributed by atoms with E-state index in [0.29, 0.717) is 5.82 Å². The average molecular weight is 829 g/mol. The van der Waals surface area contributed by atoms with Gasteiger partial charge in [-0.1, -0.05) is 188 Å². The summed E-state index contributed by atoms with van der Waals surface area (Å²) in [7, 11) is 0. The zero-order valence-electron chi connectivity index (χ0n) is 35.4. The Balaban J connectivity index is 0.952. The van der Waals surface area contributed by atoms with Gasteiger partial charge in [0.05, 0.1) is 11.4 Å². The third-order valence-corrected chi connectivity index (χ3v) is 12.5. The highest BCUT2D eigenvalue weighted by Crippen LogP contribution is 2.39. The molecule has 0 atom stereocenters. The zero-order chi connectivity index (χ0) is 43.1. The van der Waals surface area contributed by atoms with Gasteiger partial charge >= 0.3 is 0 Å². The fraction of sp³-hybridized carbons (Fsp3) is 0. The average Bonchev–Trinajstić information content (AvgIpc) is 3.78. The summed E-state index contributed by atoms with van der Waals surface area (Å²) >= 11 is 0. The maximum Gasteiger partial charge on any atom is 0.160 e. The largest absolute Gasteiger partial charge is 0.456 e. The van der Waals surface area contributed by atoms with Crippen molar-refractivity contribution in [3.8, 4) is 89.5 Å². The van der Waals surface area contributed by atoms with Crippen LogP contribution >= 0.6 is 0 Å². The maximum absolute atomic E-state index is 6.36. The molecule has 0 amide bonds. The molecule has 10 aromatic carbocycles. The topological polar surface area (TPSA) is 38.9 Å². The van der Waals surface area contributed by atoms with Crippen molar-refractivity contribution >= 4 is 32.7 Å². The quantitative estimate of drug-likeness (QED) is 0.153. The van der Waals surface area contributed by atoms with Crippen molar-refractivity contribution in [3.63, 3.8) is 0 Å². The molecule has 0 N–H and O–H groups in total. The van der Waals surface area contributed by atoms with Gasteiger partial charge in [0.15, 0.2) is 5.82 Å². The molecule has 0 bridgehead atoms. The van der Waals surface area contributed by atoms with E-state index in [4.69, 9.17) is 14.4 Å². The second-order valence-corrected chi connectivity index (χ2v) is 16.6. The molecule has 65 heavy (non-hydrogen) atoms. The first-order valence-corrected chi connectivity index (χ1v) is 22.0. The van der Waals surface area contributed by atoms with Gasteiger partial charge in [-0.2, -0.15) is 0 Å². The molecule has 12 aromatic rings. The van der Waals surface area contributed by atoms with Crippen LogP contribution in [0.3, 0.4) is 0 Å². The molecule has 0 aliphatic rings. The lowest BCUT2D eigenvalue weighted by atomic mass is 9.91. The van der Waals surface area contributed by atoms with Crippen LogP contribution in [0.5, 0.6) is 0 Å². The first-order chi connectivity index (χ1) is 32.2. The molecule has 0 aliphatic heterocycles. The summed E-state index contributed by atoms with van der Waals surface area (Å²) in [5.74, 6) is 0.668. The van der Waals surface area contributed by atoms with E-state index in [0.717, 1.165) is 77.8 Å². The first-order valence-electron chi connectivity index (χ1n) is 22.0. The van der Waals surface area contributed by atoms with Gasteiger partial charge < -0.3 is 4.42 Å². The van der Waals surface area contributed by atoms with Crippen LogP contribution in [0.4, 0.5) is 0 Å². The number of hydrogen-bond acceptors (Lipinski definition) is 3. The zero-order valence-corrected chi connectivity index (χ0v) is 35.4. The van der Waals surface area contributed by atoms with Crippen LogP contribution in [-0.4, -0.2) is 9.97 Å². The van der Waals surface area contributed by atoms with Crippen LogP contribution < -0.4 is 0 Å². The van der Waals surface area contributed by atoms with Crippen LogP contribution in [0.25, 0.3) is 122 Å². The molecule has 0 aliphatic carbocycles. The maximum atomic E-state index is 6.36. The number of benzene rings is 10. The Morgan fingerprint density at radius 1 is 0.246 bits per heavy atom. The van der Waals surface area contributed by atoms with E-state index in [1.807, 2.05) is 6.07 Å². The molecule has 3 nitrogen and oxygen atoms in total. The van der Waals surface area contributed by atoms with Crippen molar-refractivity contribution in [2.75, 3.05) is 0 Å². The third-order valence-electron chi connectivity index (χ3n) is 12.5. The number of rotatable bonds is 8. The predicted octanol–water partition coefficient (Wildman–Crippen LogP) is 16.9. The monoisotopic (exact) mass is 828 g/mol. The number of furan rings is 1. The van der Waals surface area contributed by atoms with Crippen molar-refractivity contribution in [2.24, 2.45) is 0 Å². The molecule has 0 spiro atoms.